The van der Waals surface area contributed by atoms with Gasteiger partial charge in [-0.3, -0.25) is 4.79 Å². The van der Waals surface area contributed by atoms with Crippen LogP contribution < -0.4 is 5.32 Å². The SMILES string of the molecule is Cc1nnc2n1C[C@@H](NC(=O)c1ccc(-c3ccccc3F)o1)CC2. The smallest absolute Gasteiger partial charge is 0.287 e. The van der Waals surface area contributed by atoms with Crippen LogP contribution in [0.25, 0.3) is 11.3 Å². The molecule has 1 aliphatic heterocycles. The Morgan fingerprint density at radius 2 is 2.12 bits per heavy atom. The van der Waals surface area contributed by atoms with Crippen LogP contribution in [0.2, 0.25) is 0 Å². The van der Waals surface area contributed by atoms with Gasteiger partial charge in [0.05, 0.1) is 5.56 Å². The first kappa shape index (κ1) is 15.6. The number of aromatic nitrogens is 3. The molecule has 1 atom stereocenters. The normalized spacial score (nSPS) is 16.5. The molecule has 1 N–H and O–H groups in total. The summed E-state index contributed by atoms with van der Waals surface area (Å²) in [6, 6.07) is 9.47. The molecule has 3 heterocycles. The summed E-state index contributed by atoms with van der Waals surface area (Å²) in [5.41, 5.74) is 0.337. The van der Waals surface area contributed by atoms with E-state index in [0.29, 0.717) is 17.9 Å². The Labute approximate surface area is 143 Å². The van der Waals surface area contributed by atoms with E-state index in [1.807, 2.05) is 11.5 Å². The molecule has 128 valence electrons. The van der Waals surface area contributed by atoms with Gasteiger partial charge in [0.2, 0.25) is 0 Å². The molecule has 1 aliphatic rings. The molecule has 3 aromatic rings. The molecule has 25 heavy (non-hydrogen) atoms. The minimum Gasteiger partial charge on any atom is -0.451 e. The number of hydrogen-bond donors (Lipinski definition) is 1. The fourth-order valence-electron chi connectivity index (χ4n) is 3.10. The van der Waals surface area contributed by atoms with E-state index < -0.39 is 0 Å². The van der Waals surface area contributed by atoms with Crippen molar-refractivity contribution >= 4 is 5.91 Å². The van der Waals surface area contributed by atoms with E-state index in [4.69, 9.17) is 4.42 Å². The predicted octanol–water partition coefficient (Wildman–Crippen LogP) is 2.73. The number of fused-ring (bicyclic) bond motifs is 1. The summed E-state index contributed by atoms with van der Waals surface area (Å²) >= 11 is 0. The molecular formula is C18H17FN4O2. The van der Waals surface area contributed by atoms with Gasteiger partial charge in [-0.25, -0.2) is 4.39 Å². The Hall–Kier alpha value is -2.96. The van der Waals surface area contributed by atoms with E-state index in [2.05, 4.69) is 15.5 Å². The van der Waals surface area contributed by atoms with Crippen LogP contribution in [0.3, 0.4) is 0 Å². The van der Waals surface area contributed by atoms with Crippen molar-refractivity contribution in [3.63, 3.8) is 0 Å². The zero-order valence-corrected chi connectivity index (χ0v) is 13.7. The molecule has 1 aromatic carbocycles. The highest BCUT2D eigenvalue weighted by atomic mass is 19.1. The van der Waals surface area contributed by atoms with Crippen LogP contribution in [-0.4, -0.2) is 26.7 Å². The summed E-state index contributed by atoms with van der Waals surface area (Å²) in [5, 5.41) is 11.2. The lowest BCUT2D eigenvalue weighted by Gasteiger charge is -2.24. The van der Waals surface area contributed by atoms with E-state index in [9.17, 15) is 9.18 Å². The van der Waals surface area contributed by atoms with Gasteiger partial charge in [-0.2, -0.15) is 0 Å². The first-order valence-corrected chi connectivity index (χ1v) is 8.16. The zero-order chi connectivity index (χ0) is 17.4. The maximum Gasteiger partial charge on any atom is 0.287 e. The Morgan fingerprint density at radius 1 is 1.28 bits per heavy atom. The Morgan fingerprint density at radius 3 is 2.96 bits per heavy atom. The molecule has 0 radical (unpaired) electrons. The highest BCUT2D eigenvalue weighted by Gasteiger charge is 2.24. The lowest BCUT2D eigenvalue weighted by Crippen LogP contribution is -2.41. The number of carbonyl (C=O) groups excluding carboxylic acids is 1. The van der Waals surface area contributed by atoms with Gasteiger partial charge < -0.3 is 14.3 Å². The van der Waals surface area contributed by atoms with Gasteiger partial charge in [-0.1, -0.05) is 12.1 Å². The fraction of sp³-hybridized carbons (Fsp3) is 0.278. The van der Waals surface area contributed by atoms with Gasteiger partial charge in [0.25, 0.3) is 5.91 Å². The van der Waals surface area contributed by atoms with Crippen LogP contribution in [-0.2, 0) is 13.0 Å². The van der Waals surface area contributed by atoms with Gasteiger partial charge in [0.1, 0.15) is 23.2 Å². The lowest BCUT2D eigenvalue weighted by molar-refractivity contribution is 0.0900. The first-order valence-electron chi connectivity index (χ1n) is 8.16. The second-order valence-electron chi connectivity index (χ2n) is 6.13. The lowest BCUT2D eigenvalue weighted by atomic mass is 10.1. The number of halogens is 1. The highest BCUT2D eigenvalue weighted by molar-refractivity contribution is 5.92. The van der Waals surface area contributed by atoms with Crippen LogP contribution in [0.1, 0.15) is 28.6 Å². The van der Waals surface area contributed by atoms with Crippen molar-refractivity contribution in [2.24, 2.45) is 0 Å². The Balaban J connectivity index is 1.48. The number of carbonyl (C=O) groups is 1. The van der Waals surface area contributed by atoms with Gasteiger partial charge >= 0.3 is 0 Å². The van der Waals surface area contributed by atoms with E-state index in [1.54, 1.807) is 30.3 Å². The summed E-state index contributed by atoms with van der Waals surface area (Å²) in [5.74, 6) is 1.61. The number of benzene rings is 1. The average molecular weight is 340 g/mol. The second-order valence-corrected chi connectivity index (χ2v) is 6.13. The summed E-state index contributed by atoms with van der Waals surface area (Å²) in [4.78, 5) is 12.4. The van der Waals surface area contributed by atoms with E-state index in [-0.39, 0.29) is 23.5 Å². The zero-order valence-electron chi connectivity index (χ0n) is 13.7. The molecule has 0 spiro atoms. The predicted molar refractivity (Wildman–Crippen MR) is 88.4 cm³/mol. The van der Waals surface area contributed by atoms with Gasteiger partial charge in [0, 0.05) is 19.0 Å². The maximum atomic E-state index is 13.8. The highest BCUT2D eigenvalue weighted by Crippen LogP contribution is 2.25. The Bertz CT molecular complexity index is 931. The van der Waals surface area contributed by atoms with Crippen molar-refractivity contribution in [1.29, 1.82) is 0 Å². The largest absolute Gasteiger partial charge is 0.451 e. The number of nitrogens with one attached hydrogen (secondary N) is 1. The molecule has 7 heteroatoms. The number of amides is 1. The summed E-state index contributed by atoms with van der Waals surface area (Å²) in [7, 11) is 0. The summed E-state index contributed by atoms with van der Waals surface area (Å²) in [6.07, 6.45) is 1.56. The number of nitrogens with zero attached hydrogens (tertiary/aromatic N) is 3. The molecule has 4 rings (SSSR count). The van der Waals surface area contributed by atoms with E-state index >= 15 is 0 Å². The van der Waals surface area contributed by atoms with Crippen LogP contribution >= 0.6 is 0 Å². The Kier molecular flexibility index (Phi) is 3.83. The van der Waals surface area contributed by atoms with Crippen LogP contribution in [0.5, 0.6) is 0 Å². The van der Waals surface area contributed by atoms with Crippen LogP contribution in [0, 0.1) is 12.7 Å². The fourth-order valence-corrected chi connectivity index (χ4v) is 3.10. The molecule has 0 saturated heterocycles. The molecule has 2 aromatic heterocycles. The van der Waals surface area contributed by atoms with Gasteiger partial charge in [-0.15, -0.1) is 10.2 Å². The number of aryl methyl sites for hydroxylation is 2. The average Bonchev–Trinajstić information content (AvgIpc) is 3.23. The third-order valence-electron chi connectivity index (χ3n) is 4.44. The van der Waals surface area contributed by atoms with Crippen LogP contribution in [0.15, 0.2) is 40.8 Å². The standard InChI is InChI=1S/C18H17FN4O2/c1-11-21-22-17-9-6-12(10-23(11)17)20-18(24)16-8-7-15(25-16)13-4-2-3-5-14(13)19/h2-5,7-8,12H,6,9-10H2,1H3,(H,20,24)/t12-/m0/s1. The van der Waals surface area contributed by atoms with Crippen molar-refractivity contribution in [2.45, 2.75) is 32.4 Å². The van der Waals surface area contributed by atoms with Gasteiger partial charge in [0.15, 0.2) is 5.76 Å². The molecule has 6 nitrogen and oxygen atoms in total. The number of hydrogen-bond acceptors (Lipinski definition) is 4. The quantitative estimate of drug-likeness (QED) is 0.796. The van der Waals surface area contributed by atoms with Crippen molar-refractivity contribution in [1.82, 2.24) is 20.1 Å². The first-order chi connectivity index (χ1) is 12.1. The van der Waals surface area contributed by atoms with E-state index in [1.165, 1.54) is 6.07 Å². The molecule has 0 bridgehead atoms. The third kappa shape index (κ3) is 2.93. The number of furan rings is 1. The molecule has 0 aliphatic carbocycles. The monoisotopic (exact) mass is 340 g/mol. The minimum absolute atomic E-state index is 0.0169. The van der Waals surface area contributed by atoms with E-state index in [0.717, 1.165) is 24.5 Å². The van der Waals surface area contributed by atoms with Crippen LogP contribution in [0.4, 0.5) is 4.39 Å². The van der Waals surface area contributed by atoms with Gasteiger partial charge in [-0.05, 0) is 37.6 Å². The molecule has 0 unspecified atom stereocenters. The molecule has 0 fully saturated rings. The van der Waals surface area contributed by atoms with Crippen molar-refractivity contribution in [2.75, 3.05) is 0 Å². The van der Waals surface area contributed by atoms with Crippen molar-refractivity contribution in [3.8, 4) is 11.3 Å². The summed E-state index contributed by atoms with van der Waals surface area (Å²) < 4.78 is 21.4. The van der Waals surface area contributed by atoms with Crippen molar-refractivity contribution in [3.05, 3.63) is 59.6 Å². The molecule has 1 amide bonds. The molecular weight excluding hydrogens is 323 g/mol. The third-order valence-corrected chi connectivity index (χ3v) is 4.44. The molecule has 0 saturated carbocycles. The maximum absolute atomic E-state index is 13.8. The number of rotatable bonds is 3. The minimum atomic E-state index is -0.383. The van der Waals surface area contributed by atoms with Crippen molar-refractivity contribution < 1.29 is 13.6 Å². The topological polar surface area (TPSA) is 73.0 Å². The second kappa shape index (κ2) is 6.16. The summed E-state index contributed by atoms with van der Waals surface area (Å²) in [6.45, 7) is 2.54.